The van der Waals surface area contributed by atoms with Crippen molar-refractivity contribution in [2.24, 2.45) is 0 Å². The first-order valence-electron chi connectivity index (χ1n) is 6.67. The van der Waals surface area contributed by atoms with E-state index in [0.717, 1.165) is 37.0 Å². The summed E-state index contributed by atoms with van der Waals surface area (Å²) in [4.78, 5) is 15.6. The van der Waals surface area contributed by atoms with Gasteiger partial charge >= 0.3 is 5.97 Å². The fraction of sp³-hybridized carbons (Fsp3) is 0.692. The predicted molar refractivity (Wildman–Crippen MR) is 76.7 cm³/mol. The van der Waals surface area contributed by atoms with E-state index in [-0.39, 0.29) is 5.97 Å². The Labute approximate surface area is 118 Å². The minimum atomic E-state index is -0.165. The van der Waals surface area contributed by atoms with Gasteiger partial charge in [-0.3, -0.25) is 4.79 Å². The molecule has 0 bridgehead atoms. The summed E-state index contributed by atoms with van der Waals surface area (Å²) in [6, 6.07) is 0. The number of hydrogen-bond acceptors (Lipinski definition) is 6. The first kappa shape index (κ1) is 15.9. The average Bonchev–Trinajstić information content (AvgIpc) is 2.84. The van der Waals surface area contributed by atoms with Crippen molar-refractivity contribution in [3.8, 4) is 0 Å². The lowest BCUT2D eigenvalue weighted by atomic mass is 10.2. The number of rotatable bonds is 10. The third kappa shape index (κ3) is 7.12. The minimum Gasteiger partial charge on any atom is -0.466 e. The van der Waals surface area contributed by atoms with Crippen LogP contribution in [0.1, 0.15) is 32.4 Å². The van der Waals surface area contributed by atoms with Crippen molar-refractivity contribution in [3.05, 3.63) is 11.1 Å². The largest absolute Gasteiger partial charge is 0.466 e. The predicted octanol–water partition coefficient (Wildman–Crippen LogP) is 2.48. The molecule has 0 aromatic carbocycles. The van der Waals surface area contributed by atoms with Gasteiger partial charge in [-0.15, -0.1) is 11.3 Å². The lowest BCUT2D eigenvalue weighted by Gasteiger charge is -2.02. The molecule has 0 unspecified atom stereocenters. The molecule has 1 rings (SSSR count). The van der Waals surface area contributed by atoms with Gasteiger partial charge in [0.2, 0.25) is 0 Å². The molecule has 1 aromatic rings. The number of carbonyl (C=O) groups is 1. The second kappa shape index (κ2) is 9.75. The zero-order valence-corrected chi connectivity index (χ0v) is 12.4. The van der Waals surface area contributed by atoms with Gasteiger partial charge in [0.1, 0.15) is 0 Å². The molecule has 0 atom stereocenters. The molecule has 5 nitrogen and oxygen atoms in total. The summed E-state index contributed by atoms with van der Waals surface area (Å²) in [5.41, 5.74) is 0.936. The number of carbonyl (C=O) groups excluding carboxylic acids is 1. The SMILES string of the molecule is CCOCCCNc1nc(CCC(=O)OCC)cs1. The van der Waals surface area contributed by atoms with Crippen molar-refractivity contribution in [2.75, 3.05) is 31.7 Å². The van der Waals surface area contributed by atoms with E-state index in [4.69, 9.17) is 9.47 Å². The minimum absolute atomic E-state index is 0.165. The maximum absolute atomic E-state index is 11.2. The summed E-state index contributed by atoms with van der Waals surface area (Å²) in [6.07, 6.45) is 1.99. The van der Waals surface area contributed by atoms with Gasteiger partial charge in [-0.05, 0) is 20.3 Å². The van der Waals surface area contributed by atoms with E-state index in [1.54, 1.807) is 11.3 Å². The number of anilines is 1. The second-order valence-corrected chi connectivity index (χ2v) is 4.78. The van der Waals surface area contributed by atoms with Crippen LogP contribution >= 0.6 is 11.3 Å². The zero-order valence-electron chi connectivity index (χ0n) is 11.6. The monoisotopic (exact) mass is 286 g/mol. The lowest BCUT2D eigenvalue weighted by molar-refractivity contribution is -0.143. The standard InChI is InChI=1S/C13H22N2O3S/c1-3-17-9-5-8-14-13-15-11(10-19-13)6-7-12(16)18-4-2/h10H,3-9H2,1-2H3,(H,14,15). The molecule has 1 heterocycles. The van der Waals surface area contributed by atoms with Gasteiger partial charge in [-0.2, -0.15) is 0 Å². The number of nitrogens with zero attached hydrogens (tertiary/aromatic N) is 1. The highest BCUT2D eigenvalue weighted by molar-refractivity contribution is 7.13. The van der Waals surface area contributed by atoms with Crippen molar-refractivity contribution >= 4 is 22.4 Å². The highest BCUT2D eigenvalue weighted by Crippen LogP contribution is 2.16. The quantitative estimate of drug-likeness (QED) is 0.529. The molecule has 1 aromatic heterocycles. The molecule has 1 N–H and O–H groups in total. The molecule has 6 heteroatoms. The maximum atomic E-state index is 11.2. The van der Waals surface area contributed by atoms with E-state index in [2.05, 4.69) is 10.3 Å². The van der Waals surface area contributed by atoms with Gasteiger partial charge in [0.25, 0.3) is 0 Å². The summed E-state index contributed by atoms with van der Waals surface area (Å²) in [5, 5.41) is 6.12. The number of nitrogens with one attached hydrogen (secondary N) is 1. The molecule has 0 fully saturated rings. The molecule has 0 spiro atoms. The Morgan fingerprint density at radius 2 is 2.26 bits per heavy atom. The molecular weight excluding hydrogens is 264 g/mol. The fourth-order valence-corrected chi connectivity index (χ4v) is 2.25. The van der Waals surface area contributed by atoms with E-state index in [0.29, 0.717) is 19.4 Å². The van der Waals surface area contributed by atoms with E-state index in [1.807, 2.05) is 19.2 Å². The molecule has 0 radical (unpaired) electrons. The normalized spacial score (nSPS) is 10.4. The van der Waals surface area contributed by atoms with Crippen molar-refractivity contribution in [1.82, 2.24) is 4.98 Å². The van der Waals surface area contributed by atoms with Crippen LogP contribution in [-0.4, -0.2) is 37.3 Å². The number of aryl methyl sites for hydroxylation is 1. The van der Waals surface area contributed by atoms with Crippen LogP contribution in [0.25, 0.3) is 0 Å². The summed E-state index contributed by atoms with van der Waals surface area (Å²) < 4.78 is 10.1. The van der Waals surface area contributed by atoms with Crippen molar-refractivity contribution in [1.29, 1.82) is 0 Å². The topological polar surface area (TPSA) is 60.5 Å². The molecule has 108 valence electrons. The van der Waals surface area contributed by atoms with E-state index in [9.17, 15) is 4.79 Å². The van der Waals surface area contributed by atoms with Crippen molar-refractivity contribution < 1.29 is 14.3 Å². The Morgan fingerprint density at radius 1 is 1.42 bits per heavy atom. The molecular formula is C13H22N2O3S. The summed E-state index contributed by atoms with van der Waals surface area (Å²) >= 11 is 1.56. The number of thiazole rings is 1. The van der Waals surface area contributed by atoms with Crippen LogP contribution in [0.5, 0.6) is 0 Å². The van der Waals surface area contributed by atoms with Crippen LogP contribution in [0, 0.1) is 0 Å². The lowest BCUT2D eigenvalue weighted by Crippen LogP contribution is -2.06. The van der Waals surface area contributed by atoms with Crippen LogP contribution in [0.15, 0.2) is 5.38 Å². The highest BCUT2D eigenvalue weighted by atomic mass is 32.1. The fourth-order valence-electron chi connectivity index (χ4n) is 1.48. The van der Waals surface area contributed by atoms with Crippen LogP contribution in [0.4, 0.5) is 5.13 Å². The Balaban J connectivity index is 2.19. The van der Waals surface area contributed by atoms with E-state index < -0.39 is 0 Å². The average molecular weight is 286 g/mol. The first-order valence-corrected chi connectivity index (χ1v) is 7.55. The van der Waals surface area contributed by atoms with Crippen LogP contribution in [-0.2, 0) is 20.7 Å². The van der Waals surface area contributed by atoms with Gasteiger partial charge in [-0.1, -0.05) is 0 Å². The van der Waals surface area contributed by atoms with Gasteiger partial charge in [0.05, 0.1) is 18.7 Å². The third-order valence-corrected chi connectivity index (χ3v) is 3.24. The summed E-state index contributed by atoms with van der Waals surface area (Å²) in [5.74, 6) is -0.165. The van der Waals surface area contributed by atoms with Crippen LogP contribution < -0.4 is 5.32 Å². The van der Waals surface area contributed by atoms with Crippen molar-refractivity contribution in [2.45, 2.75) is 33.1 Å². The van der Waals surface area contributed by atoms with Gasteiger partial charge in [0, 0.05) is 31.6 Å². The highest BCUT2D eigenvalue weighted by Gasteiger charge is 2.06. The van der Waals surface area contributed by atoms with E-state index in [1.165, 1.54) is 0 Å². The molecule has 0 saturated heterocycles. The first-order chi connectivity index (χ1) is 9.26. The maximum Gasteiger partial charge on any atom is 0.306 e. The number of esters is 1. The molecule has 0 aliphatic carbocycles. The van der Waals surface area contributed by atoms with Crippen molar-refractivity contribution in [3.63, 3.8) is 0 Å². The molecule has 0 amide bonds. The van der Waals surface area contributed by atoms with Crippen LogP contribution in [0.3, 0.4) is 0 Å². The Morgan fingerprint density at radius 3 is 3.00 bits per heavy atom. The van der Waals surface area contributed by atoms with Crippen LogP contribution in [0.2, 0.25) is 0 Å². The molecule has 0 aliphatic heterocycles. The molecule has 0 aliphatic rings. The Bertz CT molecular complexity index is 369. The summed E-state index contributed by atoms with van der Waals surface area (Å²) in [7, 11) is 0. The third-order valence-electron chi connectivity index (χ3n) is 2.39. The van der Waals surface area contributed by atoms with Gasteiger partial charge in [-0.25, -0.2) is 4.98 Å². The second-order valence-electron chi connectivity index (χ2n) is 3.93. The molecule has 0 saturated carbocycles. The Kier molecular flexibility index (Phi) is 8.16. The summed E-state index contributed by atoms with van der Waals surface area (Å²) in [6.45, 7) is 6.61. The molecule has 19 heavy (non-hydrogen) atoms. The number of hydrogen-bond donors (Lipinski definition) is 1. The van der Waals surface area contributed by atoms with E-state index >= 15 is 0 Å². The van der Waals surface area contributed by atoms with Gasteiger partial charge in [0.15, 0.2) is 5.13 Å². The Hall–Kier alpha value is -1.14. The number of aromatic nitrogens is 1. The smallest absolute Gasteiger partial charge is 0.306 e. The van der Waals surface area contributed by atoms with Gasteiger partial charge < -0.3 is 14.8 Å². The zero-order chi connectivity index (χ0) is 13.9. The number of ether oxygens (including phenoxy) is 2.